The molecule has 4 aromatic rings. The van der Waals surface area contributed by atoms with Crippen LogP contribution in [0.5, 0.6) is 0 Å². The van der Waals surface area contributed by atoms with E-state index in [0.29, 0.717) is 34.8 Å². The van der Waals surface area contributed by atoms with Crippen LogP contribution in [0.1, 0.15) is 86.3 Å². The smallest absolute Gasteiger partial charge is 0.408 e. The number of alkyl carbamates (subject to hydrolysis) is 1. The second-order valence-electron chi connectivity index (χ2n) is 13.0. The van der Waals surface area contributed by atoms with Crippen LogP contribution in [0.15, 0.2) is 47.0 Å². The minimum absolute atomic E-state index is 0.0158. The molecule has 51 heavy (non-hydrogen) atoms. The van der Waals surface area contributed by atoms with Gasteiger partial charge >= 0.3 is 12.1 Å². The number of aromatic amines is 1. The lowest BCUT2D eigenvalue weighted by atomic mass is 9.78. The molecule has 272 valence electrons. The van der Waals surface area contributed by atoms with E-state index in [1.807, 2.05) is 58.0 Å². The Morgan fingerprint density at radius 2 is 1.76 bits per heavy atom. The van der Waals surface area contributed by atoms with Crippen LogP contribution in [-0.4, -0.2) is 57.7 Å². The van der Waals surface area contributed by atoms with Gasteiger partial charge in [-0.25, -0.2) is 9.59 Å². The van der Waals surface area contributed by atoms with Gasteiger partial charge in [-0.15, -0.1) is 0 Å². The van der Waals surface area contributed by atoms with Crippen LogP contribution < -0.4 is 16.0 Å². The number of nitrogens with zero attached hydrogens (tertiary/aromatic N) is 2. The second-order valence-corrected chi connectivity index (χ2v) is 13.8. The van der Waals surface area contributed by atoms with E-state index in [0.717, 1.165) is 22.2 Å². The highest BCUT2D eigenvalue weighted by Crippen LogP contribution is 2.39. The maximum absolute atomic E-state index is 14.7. The Morgan fingerprint density at radius 1 is 1.04 bits per heavy atom. The SMILES string of the molecule is CCC(C)C(NC(=O)[C@@]1(NC(=O)[C@@H](NC(=O)OCc2ccccc2)[C@@H](C)CC)CCc2[nH]c3c(Cl)cc(Cl)cc3c2C1)c1nc(C(=O)OC)no1. The summed E-state index contributed by atoms with van der Waals surface area (Å²) in [5, 5.41) is 14.1. The van der Waals surface area contributed by atoms with Gasteiger partial charge in [-0.3, -0.25) is 9.59 Å². The zero-order valence-corrected chi connectivity index (χ0v) is 30.6. The van der Waals surface area contributed by atoms with Crippen molar-refractivity contribution in [2.24, 2.45) is 11.8 Å². The van der Waals surface area contributed by atoms with Crippen molar-refractivity contribution in [3.05, 3.63) is 81.0 Å². The van der Waals surface area contributed by atoms with Crippen molar-refractivity contribution < 1.29 is 33.2 Å². The highest BCUT2D eigenvalue weighted by atomic mass is 35.5. The Balaban J connectivity index is 1.49. The van der Waals surface area contributed by atoms with Crippen molar-refractivity contribution in [1.82, 2.24) is 31.1 Å². The van der Waals surface area contributed by atoms with Gasteiger partial charge in [0.2, 0.25) is 17.7 Å². The second kappa shape index (κ2) is 16.2. The van der Waals surface area contributed by atoms with Crippen LogP contribution in [0, 0.1) is 11.8 Å². The molecule has 4 N–H and O–H groups in total. The third kappa shape index (κ3) is 8.31. The van der Waals surface area contributed by atoms with E-state index in [9.17, 15) is 19.2 Å². The van der Waals surface area contributed by atoms with Gasteiger partial charge in [-0.05, 0) is 53.1 Å². The highest BCUT2D eigenvalue weighted by Gasteiger charge is 2.47. The fraction of sp³-hybridized carbons (Fsp3) is 0.444. The molecule has 0 fully saturated rings. The number of carbonyl (C=O) groups is 4. The molecule has 0 bridgehead atoms. The van der Waals surface area contributed by atoms with Crippen molar-refractivity contribution in [3.8, 4) is 0 Å². The number of halogens is 2. The maximum Gasteiger partial charge on any atom is 0.408 e. The first-order valence-corrected chi connectivity index (χ1v) is 17.7. The summed E-state index contributed by atoms with van der Waals surface area (Å²) in [5.41, 5.74) is 1.60. The molecule has 1 aliphatic rings. The molecule has 0 saturated heterocycles. The molecule has 5 atom stereocenters. The molecule has 2 aromatic heterocycles. The van der Waals surface area contributed by atoms with E-state index in [-0.39, 0.29) is 43.0 Å². The quantitative estimate of drug-likeness (QED) is 0.116. The first-order valence-electron chi connectivity index (χ1n) is 16.9. The summed E-state index contributed by atoms with van der Waals surface area (Å²) in [6.07, 6.45) is 1.05. The lowest BCUT2D eigenvalue weighted by Gasteiger charge is -2.39. The Bertz CT molecular complexity index is 1900. The van der Waals surface area contributed by atoms with Crippen molar-refractivity contribution >= 4 is 58.0 Å². The number of aryl methyl sites for hydroxylation is 1. The lowest BCUT2D eigenvalue weighted by Crippen LogP contribution is -2.65. The molecule has 2 heterocycles. The summed E-state index contributed by atoms with van der Waals surface area (Å²) in [6.45, 7) is 7.59. The van der Waals surface area contributed by atoms with Crippen molar-refractivity contribution in [2.75, 3.05) is 7.11 Å². The monoisotopic (exact) mass is 740 g/mol. The number of fused-ring (bicyclic) bond motifs is 3. The molecule has 15 heteroatoms. The third-order valence-electron chi connectivity index (χ3n) is 9.65. The molecule has 13 nitrogen and oxygen atoms in total. The predicted octanol–water partition coefficient (Wildman–Crippen LogP) is 6.23. The van der Waals surface area contributed by atoms with Crippen LogP contribution >= 0.6 is 23.2 Å². The average molecular weight is 742 g/mol. The van der Waals surface area contributed by atoms with Gasteiger partial charge < -0.3 is 34.9 Å². The van der Waals surface area contributed by atoms with Gasteiger partial charge in [0.1, 0.15) is 24.2 Å². The van der Waals surface area contributed by atoms with Crippen LogP contribution in [0.4, 0.5) is 4.79 Å². The van der Waals surface area contributed by atoms with E-state index in [1.165, 1.54) is 7.11 Å². The number of methoxy groups -OCH3 is 1. The number of amides is 3. The van der Waals surface area contributed by atoms with Gasteiger partial charge in [0, 0.05) is 22.5 Å². The Labute approximate surface area is 305 Å². The van der Waals surface area contributed by atoms with E-state index in [1.54, 1.807) is 12.1 Å². The predicted molar refractivity (Wildman–Crippen MR) is 190 cm³/mol. The zero-order chi connectivity index (χ0) is 36.9. The van der Waals surface area contributed by atoms with Gasteiger partial charge in [-0.2, -0.15) is 4.98 Å². The fourth-order valence-electron chi connectivity index (χ4n) is 6.23. The molecule has 0 saturated carbocycles. The molecule has 3 amide bonds. The number of rotatable bonds is 13. The Morgan fingerprint density at radius 3 is 2.45 bits per heavy atom. The van der Waals surface area contributed by atoms with Crippen LogP contribution in [0.25, 0.3) is 10.9 Å². The normalized spacial score (nSPS) is 17.8. The third-order valence-corrected chi connectivity index (χ3v) is 10.2. The molecular formula is C36H42Cl2N6O7. The van der Waals surface area contributed by atoms with E-state index >= 15 is 0 Å². The molecule has 5 rings (SSSR count). The largest absolute Gasteiger partial charge is 0.463 e. The van der Waals surface area contributed by atoms with Crippen molar-refractivity contribution in [1.29, 1.82) is 0 Å². The summed E-state index contributed by atoms with van der Waals surface area (Å²) in [4.78, 5) is 61.7. The molecule has 0 spiro atoms. The summed E-state index contributed by atoms with van der Waals surface area (Å²) >= 11 is 13.0. The number of carbonyl (C=O) groups excluding carboxylic acids is 4. The number of H-pyrrole nitrogens is 1. The van der Waals surface area contributed by atoms with Gasteiger partial charge in [0.15, 0.2) is 0 Å². The number of hydrogen-bond donors (Lipinski definition) is 4. The first-order chi connectivity index (χ1) is 24.4. The molecule has 2 unspecified atom stereocenters. The summed E-state index contributed by atoms with van der Waals surface area (Å²) in [7, 11) is 1.20. The van der Waals surface area contributed by atoms with Gasteiger partial charge in [-0.1, -0.05) is 94.1 Å². The molecule has 0 aliphatic heterocycles. The topological polar surface area (TPSA) is 178 Å². The Hall–Kier alpha value is -4.62. The molecule has 0 radical (unpaired) electrons. The number of hydrogen-bond acceptors (Lipinski definition) is 9. The van der Waals surface area contributed by atoms with E-state index in [2.05, 4.69) is 31.1 Å². The maximum atomic E-state index is 14.7. The number of aromatic nitrogens is 3. The minimum Gasteiger partial charge on any atom is -0.463 e. The number of esters is 1. The van der Waals surface area contributed by atoms with Crippen molar-refractivity contribution in [3.63, 3.8) is 0 Å². The zero-order valence-electron chi connectivity index (χ0n) is 29.1. The average Bonchev–Trinajstić information content (AvgIpc) is 3.76. The Kier molecular flexibility index (Phi) is 11.9. The molecule has 2 aromatic carbocycles. The van der Waals surface area contributed by atoms with Crippen LogP contribution in [-0.2, 0) is 38.5 Å². The van der Waals surface area contributed by atoms with Gasteiger partial charge in [0.25, 0.3) is 5.82 Å². The summed E-state index contributed by atoms with van der Waals surface area (Å²) in [5.74, 6) is -2.65. The summed E-state index contributed by atoms with van der Waals surface area (Å²) in [6, 6.07) is 10.8. The van der Waals surface area contributed by atoms with Crippen LogP contribution in [0.2, 0.25) is 10.0 Å². The minimum atomic E-state index is -1.51. The molecular weight excluding hydrogens is 699 g/mol. The van der Waals surface area contributed by atoms with Crippen LogP contribution in [0.3, 0.4) is 0 Å². The molecule has 1 aliphatic carbocycles. The number of nitrogens with one attached hydrogen (secondary N) is 4. The number of ether oxygens (including phenoxy) is 2. The fourth-order valence-corrected chi connectivity index (χ4v) is 6.77. The van der Waals surface area contributed by atoms with Crippen molar-refractivity contribution in [2.45, 2.75) is 84.0 Å². The number of benzene rings is 2. The van der Waals surface area contributed by atoms with E-state index < -0.39 is 41.5 Å². The highest BCUT2D eigenvalue weighted by molar-refractivity contribution is 6.38. The standard InChI is InChI=1S/C36H42Cl2N6O7/c1-6-19(3)27(41-35(48)50-18-21-11-9-8-10-12-21)31(45)43-36(14-13-26-24(17-36)23-15-22(37)16-25(38)29(23)39-26)34(47)40-28(20(4)7-2)32-42-30(44-51-32)33(46)49-5/h8-12,15-16,19-20,27-28,39H,6-7,13-14,17-18H2,1-5H3,(H,40,47)(H,41,48)(H,43,45)/t19-,20?,27-,28?,36+/m0/s1. The lowest BCUT2D eigenvalue weighted by molar-refractivity contribution is -0.136. The van der Waals surface area contributed by atoms with Gasteiger partial charge in [0.05, 0.1) is 17.6 Å². The van der Waals surface area contributed by atoms with E-state index in [4.69, 9.17) is 37.2 Å². The first kappa shape index (κ1) is 37.6. The summed E-state index contributed by atoms with van der Waals surface area (Å²) < 4.78 is 15.6.